The maximum absolute atomic E-state index is 10.4. The number of hydrogen-bond acceptors (Lipinski definition) is 2. The van der Waals surface area contributed by atoms with E-state index in [0.717, 1.165) is 0 Å². The summed E-state index contributed by atoms with van der Waals surface area (Å²) < 4.78 is -0.758. The molecule has 0 saturated heterocycles. The van der Waals surface area contributed by atoms with Crippen molar-refractivity contribution < 1.29 is 9.90 Å². The molecule has 0 fully saturated rings. The van der Waals surface area contributed by atoms with Gasteiger partial charge in [0.1, 0.15) is 4.32 Å². The number of halogens is 1. The van der Waals surface area contributed by atoms with E-state index in [2.05, 4.69) is 15.9 Å². The molecule has 0 amide bonds. The zero-order valence-electron chi connectivity index (χ0n) is 5.35. The predicted molar refractivity (Wildman–Crippen MR) is 43.3 cm³/mol. The first kappa shape index (κ1) is 9.30. The third-order valence-electron chi connectivity index (χ3n) is 0.861. The van der Waals surface area contributed by atoms with Crippen molar-refractivity contribution in [1.82, 2.24) is 0 Å². The van der Waals surface area contributed by atoms with Gasteiger partial charge in [-0.2, -0.15) is 11.8 Å². The van der Waals surface area contributed by atoms with Gasteiger partial charge in [-0.3, -0.25) is 4.79 Å². The van der Waals surface area contributed by atoms with Crippen LogP contribution in [0.5, 0.6) is 0 Å². The zero-order chi connectivity index (χ0) is 7.49. The number of hydrogen-bond donors (Lipinski definition) is 1. The van der Waals surface area contributed by atoms with Gasteiger partial charge in [0.2, 0.25) is 0 Å². The number of carboxylic acid groups (broad SMARTS) is 1. The summed E-state index contributed by atoms with van der Waals surface area (Å²) in [6.45, 7) is 1.64. The van der Waals surface area contributed by atoms with Crippen LogP contribution >= 0.6 is 27.7 Å². The molecule has 0 aliphatic heterocycles. The van der Waals surface area contributed by atoms with Crippen LogP contribution < -0.4 is 0 Å². The fourth-order valence-corrected chi connectivity index (χ4v) is 1.69. The summed E-state index contributed by atoms with van der Waals surface area (Å²) in [5.74, 6) is -0.223. The topological polar surface area (TPSA) is 37.3 Å². The molecule has 1 unspecified atom stereocenters. The standard InChI is InChI=1S/C5H9BrO2S/c1-5(6,3-9-2)4(7)8/h3H2,1-2H3,(H,7,8). The van der Waals surface area contributed by atoms with Crippen LogP contribution in [0.3, 0.4) is 0 Å². The quantitative estimate of drug-likeness (QED) is 0.723. The molecule has 0 aromatic carbocycles. The third-order valence-corrected chi connectivity index (χ3v) is 2.72. The Morgan fingerprint density at radius 2 is 2.33 bits per heavy atom. The van der Waals surface area contributed by atoms with Gasteiger partial charge in [-0.05, 0) is 13.2 Å². The molecule has 0 aliphatic rings. The van der Waals surface area contributed by atoms with Crippen LogP contribution in [-0.2, 0) is 4.79 Å². The Morgan fingerprint density at radius 3 is 2.44 bits per heavy atom. The molecule has 0 heterocycles. The van der Waals surface area contributed by atoms with Gasteiger partial charge in [-0.25, -0.2) is 0 Å². The molecule has 0 aromatic heterocycles. The molecule has 0 aliphatic carbocycles. The van der Waals surface area contributed by atoms with Gasteiger partial charge in [-0.1, -0.05) is 15.9 Å². The lowest BCUT2D eigenvalue weighted by Gasteiger charge is -2.13. The van der Waals surface area contributed by atoms with Gasteiger partial charge in [0, 0.05) is 5.75 Å². The average molecular weight is 213 g/mol. The Balaban J connectivity index is 3.85. The molecule has 0 bridgehead atoms. The van der Waals surface area contributed by atoms with Gasteiger partial charge >= 0.3 is 5.97 Å². The van der Waals surface area contributed by atoms with Crippen molar-refractivity contribution in [2.75, 3.05) is 12.0 Å². The molecule has 1 N–H and O–H groups in total. The lowest BCUT2D eigenvalue weighted by molar-refractivity contribution is -0.138. The van der Waals surface area contributed by atoms with E-state index >= 15 is 0 Å². The van der Waals surface area contributed by atoms with Crippen LogP contribution in [0, 0.1) is 0 Å². The molecule has 0 saturated carbocycles. The van der Waals surface area contributed by atoms with Crippen LogP contribution in [-0.4, -0.2) is 27.4 Å². The Bertz CT molecular complexity index is 114. The fraction of sp³-hybridized carbons (Fsp3) is 0.800. The van der Waals surface area contributed by atoms with Crippen LogP contribution in [0.15, 0.2) is 0 Å². The van der Waals surface area contributed by atoms with Crippen molar-refractivity contribution in [1.29, 1.82) is 0 Å². The Labute approximate surface area is 67.1 Å². The number of carbonyl (C=O) groups is 1. The van der Waals surface area contributed by atoms with E-state index in [-0.39, 0.29) is 0 Å². The molecule has 54 valence electrons. The smallest absolute Gasteiger partial charge is 0.320 e. The largest absolute Gasteiger partial charge is 0.480 e. The SMILES string of the molecule is CSCC(C)(Br)C(=O)O. The predicted octanol–water partition coefficient (Wildman–Crippen LogP) is 1.59. The third kappa shape index (κ3) is 3.11. The molecule has 0 rings (SSSR count). The summed E-state index contributed by atoms with van der Waals surface area (Å²) in [7, 11) is 0. The van der Waals surface area contributed by atoms with Gasteiger partial charge in [0.25, 0.3) is 0 Å². The van der Waals surface area contributed by atoms with E-state index in [9.17, 15) is 4.79 Å². The molecule has 4 heteroatoms. The zero-order valence-corrected chi connectivity index (χ0v) is 7.75. The number of alkyl halides is 1. The molecular formula is C5H9BrO2S. The summed E-state index contributed by atoms with van der Waals surface area (Å²) in [6, 6.07) is 0. The monoisotopic (exact) mass is 212 g/mol. The van der Waals surface area contributed by atoms with Crippen LogP contribution in [0.4, 0.5) is 0 Å². The van der Waals surface area contributed by atoms with Crippen molar-refractivity contribution in [2.24, 2.45) is 0 Å². The number of rotatable bonds is 3. The summed E-state index contributed by atoms with van der Waals surface area (Å²) in [5.41, 5.74) is 0. The summed E-state index contributed by atoms with van der Waals surface area (Å²) in [5, 5.41) is 8.51. The second-order valence-corrected chi connectivity index (χ2v) is 4.55. The van der Waals surface area contributed by atoms with Gasteiger partial charge < -0.3 is 5.11 Å². The molecule has 0 radical (unpaired) electrons. The van der Waals surface area contributed by atoms with Gasteiger partial charge in [0.05, 0.1) is 0 Å². The number of thioether (sulfide) groups is 1. The first-order chi connectivity index (χ1) is 4.00. The summed E-state index contributed by atoms with van der Waals surface area (Å²) >= 11 is 4.60. The highest BCUT2D eigenvalue weighted by Crippen LogP contribution is 2.21. The molecule has 1 atom stereocenters. The lowest BCUT2D eigenvalue weighted by Crippen LogP contribution is -2.30. The van der Waals surface area contributed by atoms with Crippen LogP contribution in [0.1, 0.15) is 6.92 Å². The lowest BCUT2D eigenvalue weighted by atomic mass is 10.2. The van der Waals surface area contributed by atoms with Crippen molar-refractivity contribution >= 4 is 33.7 Å². The van der Waals surface area contributed by atoms with E-state index in [1.54, 1.807) is 6.92 Å². The summed E-state index contributed by atoms with van der Waals surface area (Å²) in [6.07, 6.45) is 1.88. The Morgan fingerprint density at radius 1 is 1.89 bits per heavy atom. The molecule has 0 spiro atoms. The van der Waals surface area contributed by atoms with Crippen molar-refractivity contribution in [2.45, 2.75) is 11.2 Å². The second-order valence-electron chi connectivity index (χ2n) is 1.94. The van der Waals surface area contributed by atoms with E-state index in [1.807, 2.05) is 6.26 Å². The second kappa shape index (κ2) is 3.46. The summed E-state index contributed by atoms with van der Waals surface area (Å²) in [4.78, 5) is 10.4. The van der Waals surface area contributed by atoms with E-state index in [4.69, 9.17) is 5.11 Å². The maximum atomic E-state index is 10.4. The first-order valence-corrected chi connectivity index (χ1v) is 4.60. The molecule has 0 aromatic rings. The normalized spacial score (nSPS) is 16.8. The van der Waals surface area contributed by atoms with Crippen molar-refractivity contribution in [3.05, 3.63) is 0 Å². The van der Waals surface area contributed by atoms with Crippen LogP contribution in [0.25, 0.3) is 0 Å². The Kier molecular flexibility index (Phi) is 3.58. The number of carboxylic acids is 1. The van der Waals surface area contributed by atoms with E-state index in [1.165, 1.54) is 11.8 Å². The number of aliphatic carboxylic acids is 1. The highest BCUT2D eigenvalue weighted by molar-refractivity contribution is 9.10. The van der Waals surface area contributed by atoms with E-state index in [0.29, 0.717) is 5.75 Å². The molecular weight excluding hydrogens is 204 g/mol. The van der Waals surface area contributed by atoms with Crippen LogP contribution in [0.2, 0.25) is 0 Å². The highest BCUT2D eigenvalue weighted by atomic mass is 79.9. The minimum Gasteiger partial charge on any atom is -0.480 e. The first-order valence-electron chi connectivity index (χ1n) is 2.42. The molecule has 2 nitrogen and oxygen atoms in total. The minimum absolute atomic E-state index is 0.586. The average Bonchev–Trinajstić information content (AvgIpc) is 1.65. The fourth-order valence-electron chi connectivity index (χ4n) is 0.333. The minimum atomic E-state index is -0.808. The Hall–Kier alpha value is 0.300. The van der Waals surface area contributed by atoms with Gasteiger partial charge in [-0.15, -0.1) is 0 Å². The highest BCUT2D eigenvalue weighted by Gasteiger charge is 2.28. The van der Waals surface area contributed by atoms with Crippen molar-refractivity contribution in [3.63, 3.8) is 0 Å². The molecule has 9 heavy (non-hydrogen) atoms. The maximum Gasteiger partial charge on any atom is 0.320 e. The van der Waals surface area contributed by atoms with E-state index < -0.39 is 10.3 Å². The van der Waals surface area contributed by atoms with Crippen molar-refractivity contribution in [3.8, 4) is 0 Å². The van der Waals surface area contributed by atoms with Gasteiger partial charge in [0.15, 0.2) is 0 Å².